The van der Waals surface area contributed by atoms with Crippen LogP contribution in [-0.4, -0.2) is 59.2 Å². The number of nitrogens with one attached hydrogen (secondary N) is 1. The molecule has 1 amide bonds. The van der Waals surface area contributed by atoms with Gasteiger partial charge in [-0.3, -0.25) is 14.8 Å². The van der Waals surface area contributed by atoms with Gasteiger partial charge in [0, 0.05) is 38.3 Å². The lowest BCUT2D eigenvalue weighted by Crippen LogP contribution is -2.48. The monoisotopic (exact) mass is 444 g/mol. The second kappa shape index (κ2) is 9.04. The predicted molar refractivity (Wildman–Crippen MR) is 113 cm³/mol. The Morgan fingerprint density at radius 3 is 2.53 bits per heavy atom. The number of nitrogens with zero attached hydrogens (tertiary/aromatic N) is 3. The molecule has 4 rings (SSSR count). The van der Waals surface area contributed by atoms with Crippen molar-refractivity contribution in [2.24, 2.45) is 0 Å². The van der Waals surface area contributed by atoms with Gasteiger partial charge in [-0.05, 0) is 29.8 Å². The highest BCUT2D eigenvalue weighted by atomic mass is 19.4. The Bertz CT molecular complexity index is 1090. The first-order valence-corrected chi connectivity index (χ1v) is 10.2. The number of H-pyrrole nitrogens is 1. The average Bonchev–Trinajstić information content (AvgIpc) is 3.29. The fourth-order valence-corrected chi connectivity index (χ4v) is 3.75. The highest BCUT2D eigenvalue weighted by Crippen LogP contribution is 2.30. The summed E-state index contributed by atoms with van der Waals surface area (Å²) in [6.07, 6.45) is -4.35. The van der Waals surface area contributed by atoms with Gasteiger partial charge in [-0.15, -0.1) is 0 Å². The Hall–Kier alpha value is -3.33. The van der Waals surface area contributed by atoms with Gasteiger partial charge in [0.05, 0.1) is 18.4 Å². The van der Waals surface area contributed by atoms with Gasteiger partial charge in [-0.1, -0.05) is 30.3 Å². The zero-order chi connectivity index (χ0) is 22.7. The van der Waals surface area contributed by atoms with E-state index in [-0.39, 0.29) is 5.91 Å². The molecule has 1 aromatic heterocycles. The number of aromatic nitrogens is 2. The van der Waals surface area contributed by atoms with E-state index in [4.69, 9.17) is 4.74 Å². The summed E-state index contributed by atoms with van der Waals surface area (Å²) in [5.74, 6) is 0.556. The molecule has 2 heterocycles. The standard InChI is InChI=1S/C23H23F3N4O2/c1-32-19-7-3-5-17(13-19)20-14-21(28-27-20)22(31)30-10-8-29(9-11-30)15-16-4-2-6-18(12-16)23(24,25)26/h2-7,12-14H,8-11,15H2,1H3,(H,27,28). The van der Waals surface area contributed by atoms with Crippen molar-refractivity contribution >= 4 is 5.91 Å². The number of halogens is 3. The highest BCUT2D eigenvalue weighted by Gasteiger charge is 2.30. The van der Waals surface area contributed by atoms with Crippen molar-refractivity contribution in [3.63, 3.8) is 0 Å². The van der Waals surface area contributed by atoms with Crippen LogP contribution in [0.3, 0.4) is 0 Å². The SMILES string of the molecule is COc1cccc(-c2cc(C(=O)N3CCN(Cc4cccc(C(F)(F)F)c4)CC3)[nH]n2)c1. The van der Waals surface area contributed by atoms with Gasteiger partial charge in [0.2, 0.25) is 0 Å². The van der Waals surface area contributed by atoms with Gasteiger partial charge in [0.25, 0.3) is 5.91 Å². The summed E-state index contributed by atoms with van der Waals surface area (Å²) in [7, 11) is 1.59. The van der Waals surface area contributed by atoms with Crippen molar-refractivity contribution in [3.8, 4) is 17.0 Å². The molecule has 1 N–H and O–H groups in total. The Morgan fingerprint density at radius 2 is 1.81 bits per heavy atom. The van der Waals surface area contributed by atoms with E-state index in [1.54, 1.807) is 24.1 Å². The number of amides is 1. The number of rotatable bonds is 5. The molecule has 9 heteroatoms. The van der Waals surface area contributed by atoms with E-state index in [1.807, 2.05) is 29.2 Å². The number of piperazine rings is 1. The minimum absolute atomic E-state index is 0.148. The Balaban J connectivity index is 1.35. The largest absolute Gasteiger partial charge is 0.497 e. The number of alkyl halides is 3. The van der Waals surface area contributed by atoms with Crippen LogP contribution in [0.4, 0.5) is 13.2 Å². The van der Waals surface area contributed by atoms with Crippen molar-refractivity contribution in [1.82, 2.24) is 20.0 Å². The highest BCUT2D eigenvalue weighted by molar-refractivity contribution is 5.93. The summed E-state index contributed by atoms with van der Waals surface area (Å²) >= 11 is 0. The lowest BCUT2D eigenvalue weighted by Gasteiger charge is -2.34. The third-order valence-corrected chi connectivity index (χ3v) is 5.49. The Kier molecular flexibility index (Phi) is 6.18. The molecule has 2 aromatic carbocycles. The first-order chi connectivity index (χ1) is 15.3. The third-order valence-electron chi connectivity index (χ3n) is 5.49. The maximum Gasteiger partial charge on any atom is 0.416 e. The Labute approximate surface area is 183 Å². The molecule has 1 aliphatic heterocycles. The number of benzene rings is 2. The van der Waals surface area contributed by atoms with Gasteiger partial charge < -0.3 is 9.64 Å². The predicted octanol–water partition coefficient (Wildman–Crippen LogP) is 4.06. The minimum Gasteiger partial charge on any atom is -0.497 e. The van der Waals surface area contributed by atoms with E-state index in [0.717, 1.165) is 11.6 Å². The molecule has 168 valence electrons. The molecule has 1 saturated heterocycles. The number of hydrogen-bond acceptors (Lipinski definition) is 4. The number of methoxy groups -OCH3 is 1. The van der Waals surface area contributed by atoms with Gasteiger partial charge in [-0.25, -0.2) is 0 Å². The average molecular weight is 444 g/mol. The second-order valence-corrected chi connectivity index (χ2v) is 7.67. The van der Waals surface area contributed by atoms with Gasteiger partial charge in [-0.2, -0.15) is 18.3 Å². The van der Waals surface area contributed by atoms with Gasteiger partial charge in [0.15, 0.2) is 0 Å². The molecule has 0 aliphatic carbocycles. The van der Waals surface area contributed by atoms with E-state index < -0.39 is 11.7 Å². The topological polar surface area (TPSA) is 61.5 Å². The maximum absolute atomic E-state index is 12.9. The summed E-state index contributed by atoms with van der Waals surface area (Å²) in [4.78, 5) is 16.7. The number of ether oxygens (including phenoxy) is 1. The zero-order valence-electron chi connectivity index (χ0n) is 17.5. The minimum atomic E-state index is -4.35. The molecule has 1 fully saturated rings. The van der Waals surface area contributed by atoms with Crippen molar-refractivity contribution in [3.05, 3.63) is 71.4 Å². The lowest BCUT2D eigenvalue weighted by molar-refractivity contribution is -0.137. The van der Waals surface area contributed by atoms with Gasteiger partial charge >= 0.3 is 6.18 Å². The molecular weight excluding hydrogens is 421 g/mol. The second-order valence-electron chi connectivity index (χ2n) is 7.67. The van der Waals surface area contributed by atoms with Crippen LogP contribution in [0.15, 0.2) is 54.6 Å². The Morgan fingerprint density at radius 1 is 1.06 bits per heavy atom. The molecular formula is C23H23F3N4O2. The fraction of sp³-hybridized carbons (Fsp3) is 0.304. The number of hydrogen-bond donors (Lipinski definition) is 1. The smallest absolute Gasteiger partial charge is 0.416 e. The summed E-state index contributed by atoms with van der Waals surface area (Å²) in [5.41, 5.74) is 1.85. The first-order valence-electron chi connectivity index (χ1n) is 10.2. The molecule has 1 aliphatic rings. The van der Waals surface area contributed by atoms with Crippen LogP contribution >= 0.6 is 0 Å². The summed E-state index contributed by atoms with van der Waals surface area (Å²) in [6.45, 7) is 2.56. The van der Waals surface area contributed by atoms with Crippen molar-refractivity contribution in [1.29, 1.82) is 0 Å². The van der Waals surface area contributed by atoms with Crippen LogP contribution in [-0.2, 0) is 12.7 Å². The third kappa shape index (κ3) is 4.94. The summed E-state index contributed by atoms with van der Waals surface area (Å²) in [5, 5.41) is 7.05. The quantitative estimate of drug-likeness (QED) is 0.645. The number of aromatic amines is 1. The first kappa shape index (κ1) is 21.9. The van der Waals surface area contributed by atoms with E-state index >= 15 is 0 Å². The van der Waals surface area contributed by atoms with Crippen LogP contribution in [0.2, 0.25) is 0 Å². The normalized spacial score (nSPS) is 15.1. The van der Waals surface area contributed by atoms with Crippen LogP contribution in [0.5, 0.6) is 5.75 Å². The molecule has 0 radical (unpaired) electrons. The number of carbonyl (C=O) groups is 1. The van der Waals surface area contributed by atoms with Crippen molar-refractivity contribution in [2.45, 2.75) is 12.7 Å². The lowest BCUT2D eigenvalue weighted by atomic mass is 10.1. The summed E-state index contributed by atoms with van der Waals surface area (Å²) < 4.78 is 44.0. The molecule has 0 atom stereocenters. The maximum atomic E-state index is 12.9. The van der Waals surface area contributed by atoms with Gasteiger partial charge in [0.1, 0.15) is 11.4 Å². The number of carbonyl (C=O) groups excluding carboxylic acids is 1. The molecule has 3 aromatic rings. The molecule has 32 heavy (non-hydrogen) atoms. The van der Waals surface area contributed by atoms with E-state index in [2.05, 4.69) is 10.2 Å². The molecule has 0 bridgehead atoms. The zero-order valence-corrected chi connectivity index (χ0v) is 17.5. The van der Waals surface area contributed by atoms with Crippen LogP contribution < -0.4 is 4.74 Å². The van der Waals surface area contributed by atoms with Crippen LogP contribution in [0, 0.1) is 0 Å². The fourth-order valence-electron chi connectivity index (χ4n) is 3.75. The van der Waals surface area contributed by atoms with E-state index in [0.29, 0.717) is 55.4 Å². The van der Waals surface area contributed by atoms with Crippen LogP contribution in [0.1, 0.15) is 21.6 Å². The van der Waals surface area contributed by atoms with E-state index in [9.17, 15) is 18.0 Å². The summed E-state index contributed by atoms with van der Waals surface area (Å²) in [6, 6.07) is 14.5. The molecule has 0 unspecified atom stereocenters. The van der Waals surface area contributed by atoms with Crippen molar-refractivity contribution in [2.75, 3.05) is 33.3 Å². The van der Waals surface area contributed by atoms with Crippen molar-refractivity contribution < 1.29 is 22.7 Å². The molecule has 0 saturated carbocycles. The van der Waals surface area contributed by atoms with E-state index in [1.165, 1.54) is 12.1 Å². The molecule has 0 spiro atoms. The van der Waals surface area contributed by atoms with Crippen LogP contribution in [0.25, 0.3) is 11.3 Å². The molecule has 6 nitrogen and oxygen atoms in total.